The first-order valence-corrected chi connectivity index (χ1v) is 3.59. The second-order valence-electron chi connectivity index (χ2n) is 2.05. The lowest BCUT2D eigenvalue weighted by atomic mass is 10.3. The van der Waals surface area contributed by atoms with Gasteiger partial charge in [-0.1, -0.05) is 19.9 Å². The van der Waals surface area contributed by atoms with Gasteiger partial charge in [0.1, 0.15) is 0 Å². The van der Waals surface area contributed by atoms with Gasteiger partial charge in [-0.05, 0) is 12.8 Å². The van der Waals surface area contributed by atoms with E-state index in [1.165, 1.54) is 0 Å². The van der Waals surface area contributed by atoms with E-state index in [1.807, 2.05) is 6.08 Å². The van der Waals surface area contributed by atoms with Crippen molar-refractivity contribution < 1.29 is 4.74 Å². The predicted octanol–water partition coefficient (Wildman–Crippen LogP) is 2.38. The van der Waals surface area contributed by atoms with E-state index < -0.39 is 0 Å². The fraction of sp³-hybridized carbons (Fsp3) is 0.750. The van der Waals surface area contributed by atoms with Crippen molar-refractivity contribution in [3.8, 4) is 0 Å². The Kier molecular flexibility index (Phi) is 5.64. The first kappa shape index (κ1) is 8.70. The zero-order valence-electron chi connectivity index (χ0n) is 6.39. The van der Waals surface area contributed by atoms with Gasteiger partial charge in [-0.15, -0.1) is 6.58 Å². The third-order valence-corrected chi connectivity index (χ3v) is 1.20. The minimum absolute atomic E-state index is 0.268. The van der Waals surface area contributed by atoms with E-state index in [-0.39, 0.29) is 6.10 Å². The van der Waals surface area contributed by atoms with Crippen LogP contribution in [0.3, 0.4) is 0 Å². The van der Waals surface area contributed by atoms with Gasteiger partial charge in [0.25, 0.3) is 0 Å². The van der Waals surface area contributed by atoms with Crippen molar-refractivity contribution in [2.24, 2.45) is 0 Å². The largest absolute Gasteiger partial charge is 0.374 e. The summed E-state index contributed by atoms with van der Waals surface area (Å²) >= 11 is 0. The normalized spacial score (nSPS) is 13.1. The number of hydrogen-bond donors (Lipinski definition) is 0. The number of ether oxygens (including phenoxy) is 1. The van der Waals surface area contributed by atoms with Crippen molar-refractivity contribution in [1.29, 1.82) is 0 Å². The third kappa shape index (κ3) is 4.22. The van der Waals surface area contributed by atoms with Crippen molar-refractivity contribution in [3.63, 3.8) is 0 Å². The van der Waals surface area contributed by atoms with Crippen LogP contribution < -0.4 is 0 Å². The maximum atomic E-state index is 5.37. The molecule has 1 nitrogen and oxygen atoms in total. The maximum absolute atomic E-state index is 5.37. The van der Waals surface area contributed by atoms with Gasteiger partial charge in [0.15, 0.2) is 0 Å². The molecule has 0 rings (SSSR count). The lowest BCUT2D eigenvalue weighted by Crippen LogP contribution is -2.07. The first-order valence-electron chi connectivity index (χ1n) is 3.59. The smallest absolute Gasteiger partial charge is 0.0750 e. The van der Waals surface area contributed by atoms with Gasteiger partial charge in [0.2, 0.25) is 0 Å². The van der Waals surface area contributed by atoms with Crippen molar-refractivity contribution in [2.75, 3.05) is 6.61 Å². The number of hydrogen-bond acceptors (Lipinski definition) is 1. The standard InChI is InChI=1S/C8H16O/c1-4-7-9-8(5-2)6-3/h5,8H,2,4,6-7H2,1,3H3. The summed E-state index contributed by atoms with van der Waals surface area (Å²) in [7, 11) is 0. The lowest BCUT2D eigenvalue weighted by molar-refractivity contribution is 0.0835. The van der Waals surface area contributed by atoms with Crippen molar-refractivity contribution >= 4 is 0 Å². The van der Waals surface area contributed by atoms with E-state index in [4.69, 9.17) is 4.74 Å². The molecule has 1 atom stereocenters. The summed E-state index contributed by atoms with van der Waals surface area (Å²) in [5, 5.41) is 0. The summed E-state index contributed by atoms with van der Waals surface area (Å²) in [5.41, 5.74) is 0. The quantitative estimate of drug-likeness (QED) is 0.516. The van der Waals surface area contributed by atoms with Crippen LogP contribution in [0.4, 0.5) is 0 Å². The average molecular weight is 128 g/mol. The summed E-state index contributed by atoms with van der Waals surface area (Å²) in [6, 6.07) is 0. The number of rotatable bonds is 5. The molecule has 0 amide bonds. The molecule has 0 heterocycles. The molecule has 0 aromatic rings. The summed E-state index contributed by atoms with van der Waals surface area (Å²) in [4.78, 5) is 0. The Morgan fingerprint density at radius 1 is 1.56 bits per heavy atom. The monoisotopic (exact) mass is 128 g/mol. The molecule has 0 N–H and O–H groups in total. The van der Waals surface area contributed by atoms with Gasteiger partial charge in [0, 0.05) is 6.61 Å². The Hall–Kier alpha value is -0.300. The van der Waals surface area contributed by atoms with Crippen LogP contribution in [0.1, 0.15) is 26.7 Å². The van der Waals surface area contributed by atoms with Crippen molar-refractivity contribution in [3.05, 3.63) is 12.7 Å². The molecule has 0 saturated heterocycles. The van der Waals surface area contributed by atoms with Gasteiger partial charge in [-0.2, -0.15) is 0 Å². The van der Waals surface area contributed by atoms with Crippen molar-refractivity contribution in [2.45, 2.75) is 32.8 Å². The Bertz CT molecular complexity index is 69.0. The topological polar surface area (TPSA) is 9.23 Å². The fourth-order valence-electron chi connectivity index (χ4n) is 0.622. The van der Waals surface area contributed by atoms with Crippen LogP contribution in [-0.2, 0) is 4.74 Å². The molecule has 0 aliphatic carbocycles. The summed E-state index contributed by atoms with van der Waals surface area (Å²) in [6.45, 7) is 8.72. The highest BCUT2D eigenvalue weighted by Gasteiger charge is 1.96. The molecule has 1 unspecified atom stereocenters. The van der Waals surface area contributed by atoms with Crippen LogP contribution in [0.2, 0.25) is 0 Å². The predicted molar refractivity (Wildman–Crippen MR) is 40.5 cm³/mol. The molecule has 54 valence electrons. The van der Waals surface area contributed by atoms with E-state index in [9.17, 15) is 0 Å². The Morgan fingerprint density at radius 2 is 2.22 bits per heavy atom. The average Bonchev–Trinajstić information content (AvgIpc) is 1.91. The van der Waals surface area contributed by atoms with Gasteiger partial charge >= 0.3 is 0 Å². The van der Waals surface area contributed by atoms with Gasteiger partial charge in [0.05, 0.1) is 6.10 Å². The third-order valence-electron chi connectivity index (χ3n) is 1.20. The first-order chi connectivity index (χ1) is 4.35. The Balaban J connectivity index is 3.20. The molecule has 0 spiro atoms. The highest BCUT2D eigenvalue weighted by molar-refractivity contribution is 4.77. The van der Waals surface area contributed by atoms with E-state index in [2.05, 4.69) is 20.4 Å². The minimum atomic E-state index is 0.268. The van der Waals surface area contributed by atoms with Crippen LogP contribution in [0, 0.1) is 0 Å². The highest BCUT2D eigenvalue weighted by atomic mass is 16.5. The van der Waals surface area contributed by atoms with Crippen LogP contribution >= 0.6 is 0 Å². The van der Waals surface area contributed by atoms with Crippen LogP contribution in [0.15, 0.2) is 12.7 Å². The molecule has 0 saturated carbocycles. The van der Waals surface area contributed by atoms with Gasteiger partial charge in [-0.25, -0.2) is 0 Å². The minimum Gasteiger partial charge on any atom is -0.374 e. The van der Waals surface area contributed by atoms with Crippen molar-refractivity contribution in [1.82, 2.24) is 0 Å². The van der Waals surface area contributed by atoms with E-state index in [1.54, 1.807) is 0 Å². The fourth-order valence-corrected chi connectivity index (χ4v) is 0.622. The molecule has 0 radical (unpaired) electrons. The second-order valence-corrected chi connectivity index (χ2v) is 2.05. The summed E-state index contributed by atoms with van der Waals surface area (Å²) in [5.74, 6) is 0. The highest BCUT2D eigenvalue weighted by Crippen LogP contribution is 1.98. The zero-order chi connectivity index (χ0) is 7.11. The van der Waals surface area contributed by atoms with Crippen LogP contribution in [-0.4, -0.2) is 12.7 Å². The maximum Gasteiger partial charge on any atom is 0.0750 e. The second kappa shape index (κ2) is 5.83. The molecule has 9 heavy (non-hydrogen) atoms. The summed E-state index contributed by atoms with van der Waals surface area (Å²) < 4.78 is 5.37. The molecule has 0 bridgehead atoms. The summed E-state index contributed by atoms with van der Waals surface area (Å²) in [6.07, 6.45) is 4.24. The zero-order valence-corrected chi connectivity index (χ0v) is 6.39. The molecule has 0 aromatic heterocycles. The molecule has 0 fully saturated rings. The van der Waals surface area contributed by atoms with E-state index in [0.717, 1.165) is 19.4 Å². The van der Waals surface area contributed by atoms with E-state index >= 15 is 0 Å². The van der Waals surface area contributed by atoms with Gasteiger partial charge in [-0.3, -0.25) is 0 Å². The molecular weight excluding hydrogens is 112 g/mol. The Labute approximate surface area is 57.7 Å². The molecule has 0 aromatic carbocycles. The Morgan fingerprint density at radius 3 is 2.56 bits per heavy atom. The molecule has 0 aliphatic rings. The van der Waals surface area contributed by atoms with E-state index in [0.29, 0.717) is 0 Å². The lowest BCUT2D eigenvalue weighted by Gasteiger charge is -2.09. The molecule has 1 heteroatoms. The molecular formula is C8H16O. The molecule has 0 aliphatic heterocycles. The SMILES string of the molecule is C=CC(CC)OCCC. The van der Waals surface area contributed by atoms with Crippen LogP contribution in [0.5, 0.6) is 0 Å². The van der Waals surface area contributed by atoms with Crippen LogP contribution in [0.25, 0.3) is 0 Å². The van der Waals surface area contributed by atoms with Gasteiger partial charge < -0.3 is 4.74 Å².